The molecule has 56 heavy (non-hydrogen) atoms. The van der Waals surface area contributed by atoms with Gasteiger partial charge >= 0.3 is 0 Å². The zero-order valence-electron chi connectivity index (χ0n) is 30.4. The average Bonchev–Trinajstić information content (AvgIpc) is 3.78. The molecule has 3 heterocycles. The van der Waals surface area contributed by atoms with E-state index >= 15 is 0 Å². The number of rotatable bonds is 6. The second kappa shape index (κ2) is 13.1. The highest BCUT2D eigenvalue weighted by Gasteiger charge is 2.20. The Morgan fingerprint density at radius 2 is 0.696 bits per heavy atom. The van der Waals surface area contributed by atoms with Crippen LogP contribution in [0.3, 0.4) is 0 Å². The molecule has 0 amide bonds. The summed E-state index contributed by atoms with van der Waals surface area (Å²) in [6, 6.07) is 73.2. The van der Waals surface area contributed by atoms with E-state index in [4.69, 9.17) is 9.97 Å². The number of hydrogen-bond donors (Lipinski definition) is 0. The largest absolute Gasteiger partial charge is 0.309 e. The molecule has 0 spiro atoms. The Morgan fingerprint density at radius 1 is 0.268 bits per heavy atom. The van der Waals surface area contributed by atoms with E-state index < -0.39 is 0 Å². The van der Waals surface area contributed by atoms with Crippen molar-refractivity contribution in [2.45, 2.75) is 0 Å². The fourth-order valence-corrected chi connectivity index (χ4v) is 8.28. The summed E-state index contributed by atoms with van der Waals surface area (Å²) >= 11 is 0. The van der Waals surface area contributed by atoms with Gasteiger partial charge in [-0.3, -0.25) is 4.57 Å². The Kier molecular flexibility index (Phi) is 7.46. The molecule has 11 rings (SSSR count). The van der Waals surface area contributed by atoms with Crippen LogP contribution in [-0.2, 0) is 0 Å². The molecule has 11 aromatic rings. The van der Waals surface area contributed by atoms with Crippen LogP contribution in [0.15, 0.2) is 206 Å². The van der Waals surface area contributed by atoms with Gasteiger partial charge in [-0.25, -0.2) is 9.97 Å². The van der Waals surface area contributed by atoms with Gasteiger partial charge < -0.3 is 4.57 Å². The topological polar surface area (TPSA) is 35.6 Å². The van der Waals surface area contributed by atoms with Crippen molar-refractivity contribution in [3.8, 4) is 56.4 Å². The molecule has 0 aliphatic rings. The first kappa shape index (κ1) is 31.9. The molecule has 0 unspecified atom stereocenters. The normalized spacial score (nSPS) is 11.6. The number of nitrogens with zero attached hydrogens (tertiary/aromatic N) is 4. The van der Waals surface area contributed by atoms with E-state index in [-0.39, 0.29) is 0 Å². The van der Waals surface area contributed by atoms with Crippen molar-refractivity contribution in [1.29, 1.82) is 0 Å². The third-order valence-electron chi connectivity index (χ3n) is 10.9. The van der Waals surface area contributed by atoms with E-state index in [0.717, 1.165) is 55.5 Å². The molecule has 8 aromatic carbocycles. The highest BCUT2D eigenvalue weighted by Crippen LogP contribution is 2.40. The second-order valence-corrected chi connectivity index (χ2v) is 14.3. The second-order valence-electron chi connectivity index (χ2n) is 14.3. The minimum atomic E-state index is 0.645. The molecule has 0 aliphatic carbocycles. The number of aromatic nitrogens is 4. The monoisotopic (exact) mass is 714 g/mol. The van der Waals surface area contributed by atoms with Crippen molar-refractivity contribution in [2.75, 3.05) is 0 Å². The van der Waals surface area contributed by atoms with Crippen LogP contribution in [0, 0.1) is 0 Å². The zero-order valence-corrected chi connectivity index (χ0v) is 30.4. The van der Waals surface area contributed by atoms with E-state index in [1.54, 1.807) is 0 Å². The number of fused-ring (bicyclic) bond motifs is 6. The van der Waals surface area contributed by atoms with Crippen LogP contribution in [0.5, 0.6) is 0 Å². The lowest BCUT2D eigenvalue weighted by atomic mass is 9.99. The minimum absolute atomic E-state index is 0.645. The fraction of sp³-hybridized carbons (Fsp3) is 0. The first-order chi connectivity index (χ1) is 27.8. The smallest absolute Gasteiger partial charge is 0.235 e. The van der Waals surface area contributed by atoms with Gasteiger partial charge in [0.1, 0.15) is 0 Å². The van der Waals surface area contributed by atoms with Crippen LogP contribution in [0.4, 0.5) is 0 Å². The molecule has 0 bridgehead atoms. The number of benzene rings is 8. The molecule has 0 fully saturated rings. The van der Waals surface area contributed by atoms with Crippen molar-refractivity contribution >= 4 is 43.6 Å². The Hall–Kier alpha value is -7.56. The molecule has 0 saturated heterocycles. The van der Waals surface area contributed by atoms with Gasteiger partial charge in [0.15, 0.2) is 0 Å². The SMILES string of the molecule is c1ccc(-c2cccc(-c3ccc(-n4c5ccccc5c5cc6c(cc54)c4ccccc4n6-c4nc(-c5ccccc5)cc(-c5ccccc5)n4)cc3)c2)cc1. The summed E-state index contributed by atoms with van der Waals surface area (Å²) in [6.07, 6.45) is 0. The Labute approximate surface area is 324 Å². The first-order valence-electron chi connectivity index (χ1n) is 19.0. The third-order valence-corrected chi connectivity index (χ3v) is 10.9. The average molecular weight is 715 g/mol. The van der Waals surface area contributed by atoms with E-state index in [0.29, 0.717) is 5.95 Å². The van der Waals surface area contributed by atoms with Crippen molar-refractivity contribution in [1.82, 2.24) is 19.1 Å². The van der Waals surface area contributed by atoms with Crippen LogP contribution in [0.25, 0.3) is 100 Å². The molecule has 0 aliphatic heterocycles. The third kappa shape index (κ3) is 5.31. The maximum Gasteiger partial charge on any atom is 0.235 e. The van der Waals surface area contributed by atoms with E-state index in [1.165, 1.54) is 38.5 Å². The molecule has 262 valence electrons. The quantitative estimate of drug-likeness (QED) is 0.172. The minimum Gasteiger partial charge on any atom is -0.309 e. The van der Waals surface area contributed by atoms with Gasteiger partial charge in [0, 0.05) is 38.4 Å². The number of hydrogen-bond acceptors (Lipinski definition) is 2. The van der Waals surface area contributed by atoms with Gasteiger partial charge in [-0.2, -0.15) is 0 Å². The van der Waals surface area contributed by atoms with Crippen LogP contribution in [0.2, 0.25) is 0 Å². The maximum atomic E-state index is 5.27. The van der Waals surface area contributed by atoms with Gasteiger partial charge in [-0.05, 0) is 70.8 Å². The predicted molar refractivity (Wildman–Crippen MR) is 232 cm³/mol. The lowest BCUT2D eigenvalue weighted by Gasteiger charge is -2.12. The summed E-state index contributed by atoms with van der Waals surface area (Å²) in [7, 11) is 0. The summed E-state index contributed by atoms with van der Waals surface area (Å²) in [5.41, 5.74) is 14.3. The van der Waals surface area contributed by atoms with E-state index in [1.807, 2.05) is 12.1 Å². The highest BCUT2D eigenvalue weighted by molar-refractivity contribution is 6.19. The van der Waals surface area contributed by atoms with Crippen molar-refractivity contribution in [3.05, 3.63) is 206 Å². The van der Waals surface area contributed by atoms with Crippen LogP contribution >= 0.6 is 0 Å². The molecule has 4 nitrogen and oxygen atoms in total. The van der Waals surface area contributed by atoms with Crippen LogP contribution < -0.4 is 0 Å². The Bertz CT molecular complexity index is 3160. The summed E-state index contributed by atoms with van der Waals surface area (Å²) in [5, 5.41) is 4.69. The molecular weight excluding hydrogens is 681 g/mol. The summed E-state index contributed by atoms with van der Waals surface area (Å²) < 4.78 is 4.65. The van der Waals surface area contributed by atoms with Crippen molar-refractivity contribution in [2.24, 2.45) is 0 Å². The summed E-state index contributed by atoms with van der Waals surface area (Å²) in [5.74, 6) is 0.645. The molecule has 0 saturated carbocycles. The molecular formula is C52H34N4. The van der Waals surface area contributed by atoms with Gasteiger partial charge in [-0.15, -0.1) is 0 Å². The fourth-order valence-electron chi connectivity index (χ4n) is 8.28. The molecule has 4 heteroatoms. The molecule has 0 atom stereocenters. The standard InChI is InChI=1S/C52H34N4/c1-4-15-35(16-5-1)39-21-14-22-40(31-39)36-27-29-41(30-28-36)55-48-25-12-10-23-42(48)44-33-51-45(32-50(44)55)43-24-11-13-26-49(43)56(51)52-53-46(37-17-6-2-7-18-37)34-47(54-52)38-19-8-3-9-20-38/h1-34H. The van der Waals surface area contributed by atoms with Gasteiger partial charge in [0.05, 0.1) is 33.5 Å². The summed E-state index contributed by atoms with van der Waals surface area (Å²) in [6.45, 7) is 0. The molecule has 3 aromatic heterocycles. The first-order valence-corrected chi connectivity index (χ1v) is 19.0. The van der Waals surface area contributed by atoms with Gasteiger partial charge in [0.2, 0.25) is 5.95 Å². The molecule has 0 N–H and O–H groups in total. The lowest BCUT2D eigenvalue weighted by molar-refractivity contribution is 0.996. The van der Waals surface area contributed by atoms with Crippen LogP contribution in [-0.4, -0.2) is 19.1 Å². The summed E-state index contributed by atoms with van der Waals surface area (Å²) in [4.78, 5) is 10.5. The van der Waals surface area contributed by atoms with Crippen molar-refractivity contribution in [3.63, 3.8) is 0 Å². The van der Waals surface area contributed by atoms with E-state index in [2.05, 4.69) is 203 Å². The number of para-hydroxylation sites is 2. The highest BCUT2D eigenvalue weighted by atomic mass is 15.2. The van der Waals surface area contributed by atoms with Crippen LogP contribution in [0.1, 0.15) is 0 Å². The lowest BCUT2D eigenvalue weighted by Crippen LogP contribution is -2.04. The predicted octanol–water partition coefficient (Wildman–Crippen LogP) is 13.3. The Balaban J connectivity index is 1.11. The molecule has 0 radical (unpaired) electrons. The van der Waals surface area contributed by atoms with Crippen molar-refractivity contribution < 1.29 is 0 Å². The van der Waals surface area contributed by atoms with Gasteiger partial charge in [-0.1, -0.05) is 158 Å². The van der Waals surface area contributed by atoms with Gasteiger partial charge in [0.25, 0.3) is 0 Å². The maximum absolute atomic E-state index is 5.27. The zero-order chi connectivity index (χ0) is 37.0. The van der Waals surface area contributed by atoms with E-state index in [9.17, 15) is 0 Å². The Morgan fingerprint density at radius 3 is 1.25 bits per heavy atom.